The number of hydrogen-bond donors (Lipinski definition) is 2. The summed E-state index contributed by atoms with van der Waals surface area (Å²) < 4.78 is 28.7. The average molecular weight is 516 g/mol. The lowest BCUT2D eigenvalue weighted by atomic mass is 9.92. The molecule has 9 heteroatoms. The van der Waals surface area contributed by atoms with Crippen molar-refractivity contribution in [3.05, 3.63) is 0 Å². The molecule has 0 bridgehead atoms. The number of guanidine groups is 1. The molecule has 0 aromatic carbocycles. The van der Waals surface area contributed by atoms with E-state index in [4.69, 9.17) is 4.74 Å². The molecule has 7 nitrogen and oxygen atoms in total. The highest BCUT2D eigenvalue weighted by Gasteiger charge is 2.29. The highest BCUT2D eigenvalue weighted by molar-refractivity contribution is 14.0. The minimum Gasteiger partial charge on any atom is -0.379 e. The van der Waals surface area contributed by atoms with E-state index in [-0.39, 0.29) is 29.9 Å². The fourth-order valence-corrected chi connectivity index (χ4v) is 5.89. The van der Waals surface area contributed by atoms with Crippen molar-refractivity contribution in [3.8, 4) is 0 Å². The Morgan fingerprint density at radius 2 is 1.89 bits per heavy atom. The number of sulfone groups is 1. The summed E-state index contributed by atoms with van der Waals surface area (Å²) in [6, 6.07) is 0.458. The molecule has 2 heterocycles. The molecule has 2 rings (SSSR count). The van der Waals surface area contributed by atoms with Crippen molar-refractivity contribution in [3.63, 3.8) is 0 Å². The van der Waals surface area contributed by atoms with Crippen LogP contribution in [-0.4, -0.2) is 83.3 Å². The maximum atomic E-state index is 11.6. The van der Waals surface area contributed by atoms with E-state index in [0.717, 1.165) is 58.1 Å². The molecule has 2 unspecified atom stereocenters. The van der Waals surface area contributed by atoms with Crippen molar-refractivity contribution in [2.75, 3.05) is 57.9 Å². The summed E-state index contributed by atoms with van der Waals surface area (Å²) in [6.45, 7) is 9.59. The second kappa shape index (κ2) is 12.4. The molecule has 0 aromatic rings. The Morgan fingerprint density at radius 3 is 2.41 bits per heavy atom. The van der Waals surface area contributed by atoms with Gasteiger partial charge in [-0.2, -0.15) is 0 Å². The first kappa shape index (κ1) is 24.9. The minimum atomic E-state index is -2.83. The van der Waals surface area contributed by atoms with Gasteiger partial charge in [0.05, 0.1) is 24.7 Å². The van der Waals surface area contributed by atoms with Crippen molar-refractivity contribution >= 4 is 39.8 Å². The van der Waals surface area contributed by atoms with Gasteiger partial charge < -0.3 is 15.4 Å². The van der Waals surface area contributed by atoms with Gasteiger partial charge in [0.25, 0.3) is 0 Å². The molecule has 2 aliphatic heterocycles. The Balaban J connectivity index is 0.00000364. The second-order valence-electron chi connectivity index (χ2n) is 7.40. The molecule has 160 valence electrons. The SMILES string of the molecule is CCC(CC)C(CNC(=NC)NCC1CCS(=O)(=O)C1)N1CCOCC1.I. The lowest BCUT2D eigenvalue weighted by Crippen LogP contribution is -2.53. The van der Waals surface area contributed by atoms with Gasteiger partial charge in [-0.05, 0) is 18.3 Å². The van der Waals surface area contributed by atoms with Crippen LogP contribution in [0, 0.1) is 11.8 Å². The quantitative estimate of drug-likeness (QED) is 0.288. The third kappa shape index (κ3) is 8.02. The molecule has 0 spiro atoms. The van der Waals surface area contributed by atoms with Crippen LogP contribution in [0.4, 0.5) is 0 Å². The lowest BCUT2D eigenvalue weighted by molar-refractivity contribution is 0.00272. The van der Waals surface area contributed by atoms with Crippen LogP contribution in [0.2, 0.25) is 0 Å². The molecule has 0 saturated carbocycles. The molecular formula is C18H37IN4O3S. The van der Waals surface area contributed by atoms with Gasteiger partial charge in [-0.3, -0.25) is 9.89 Å². The van der Waals surface area contributed by atoms with Gasteiger partial charge in [0.2, 0.25) is 0 Å². The number of rotatable bonds is 8. The van der Waals surface area contributed by atoms with Crippen LogP contribution in [0.1, 0.15) is 33.1 Å². The van der Waals surface area contributed by atoms with Crippen LogP contribution in [0.3, 0.4) is 0 Å². The van der Waals surface area contributed by atoms with Crippen LogP contribution in [-0.2, 0) is 14.6 Å². The van der Waals surface area contributed by atoms with E-state index in [2.05, 4.69) is 34.4 Å². The zero-order valence-corrected chi connectivity index (χ0v) is 20.1. The summed E-state index contributed by atoms with van der Waals surface area (Å²) in [6.07, 6.45) is 3.06. The fourth-order valence-electron chi connectivity index (χ4n) is 4.03. The first-order valence-corrected chi connectivity index (χ1v) is 11.8. The summed E-state index contributed by atoms with van der Waals surface area (Å²) in [4.78, 5) is 6.85. The van der Waals surface area contributed by atoms with Crippen LogP contribution in [0.5, 0.6) is 0 Å². The van der Waals surface area contributed by atoms with E-state index in [9.17, 15) is 8.42 Å². The highest BCUT2D eigenvalue weighted by Crippen LogP contribution is 2.20. The van der Waals surface area contributed by atoms with E-state index >= 15 is 0 Å². The lowest BCUT2D eigenvalue weighted by Gasteiger charge is -2.39. The number of nitrogens with zero attached hydrogens (tertiary/aromatic N) is 2. The maximum Gasteiger partial charge on any atom is 0.191 e. The normalized spacial score (nSPS) is 24.4. The number of halogens is 1. The molecule has 2 atom stereocenters. The van der Waals surface area contributed by atoms with Crippen LogP contribution in [0.15, 0.2) is 4.99 Å². The van der Waals surface area contributed by atoms with Gasteiger partial charge in [-0.15, -0.1) is 24.0 Å². The van der Waals surface area contributed by atoms with E-state index in [1.807, 2.05) is 0 Å². The van der Waals surface area contributed by atoms with Crippen molar-refractivity contribution in [1.29, 1.82) is 0 Å². The summed E-state index contributed by atoms with van der Waals surface area (Å²) in [7, 11) is -1.06. The van der Waals surface area contributed by atoms with Crippen molar-refractivity contribution in [2.24, 2.45) is 16.8 Å². The minimum absolute atomic E-state index is 0. The smallest absolute Gasteiger partial charge is 0.191 e. The van der Waals surface area contributed by atoms with E-state index < -0.39 is 9.84 Å². The molecule has 2 N–H and O–H groups in total. The van der Waals surface area contributed by atoms with Gasteiger partial charge in [-0.25, -0.2) is 8.42 Å². The van der Waals surface area contributed by atoms with E-state index in [1.165, 1.54) is 0 Å². The molecule has 0 amide bonds. The molecule has 27 heavy (non-hydrogen) atoms. The molecule has 2 aliphatic rings. The largest absolute Gasteiger partial charge is 0.379 e. The van der Waals surface area contributed by atoms with Crippen molar-refractivity contribution in [2.45, 2.75) is 39.2 Å². The Hall–Kier alpha value is -0.130. The van der Waals surface area contributed by atoms with Gasteiger partial charge >= 0.3 is 0 Å². The Kier molecular flexibility index (Phi) is 11.5. The summed E-state index contributed by atoms with van der Waals surface area (Å²) in [5, 5.41) is 6.78. The predicted molar refractivity (Wildman–Crippen MR) is 122 cm³/mol. The Labute approximate surface area is 182 Å². The van der Waals surface area contributed by atoms with Gasteiger partial charge in [0, 0.05) is 39.3 Å². The summed E-state index contributed by atoms with van der Waals surface area (Å²) in [5.41, 5.74) is 0. The molecule has 0 radical (unpaired) electrons. The van der Waals surface area contributed by atoms with E-state index in [1.54, 1.807) is 7.05 Å². The van der Waals surface area contributed by atoms with Crippen LogP contribution >= 0.6 is 24.0 Å². The number of hydrogen-bond acceptors (Lipinski definition) is 5. The first-order chi connectivity index (χ1) is 12.5. The summed E-state index contributed by atoms with van der Waals surface area (Å²) in [5.74, 6) is 2.20. The molecule has 2 fully saturated rings. The van der Waals surface area contributed by atoms with Crippen LogP contribution in [0.25, 0.3) is 0 Å². The maximum absolute atomic E-state index is 11.6. The number of aliphatic imine (C=N–C) groups is 1. The number of nitrogens with one attached hydrogen (secondary N) is 2. The Morgan fingerprint density at radius 1 is 1.22 bits per heavy atom. The molecule has 0 aromatic heterocycles. The van der Waals surface area contributed by atoms with Crippen molar-refractivity contribution in [1.82, 2.24) is 15.5 Å². The predicted octanol–water partition coefficient (Wildman–Crippen LogP) is 1.34. The third-order valence-corrected chi connectivity index (χ3v) is 7.53. The fraction of sp³-hybridized carbons (Fsp3) is 0.944. The zero-order chi connectivity index (χ0) is 19.0. The monoisotopic (exact) mass is 516 g/mol. The highest BCUT2D eigenvalue weighted by atomic mass is 127. The molecule has 0 aliphatic carbocycles. The van der Waals surface area contributed by atoms with Crippen molar-refractivity contribution < 1.29 is 13.2 Å². The standard InChI is InChI=1S/C18H36N4O3S.HI/c1-4-16(5-2)17(22-7-9-25-10-8-22)13-21-18(19-3)20-12-15-6-11-26(23,24)14-15;/h15-17H,4-14H2,1-3H3,(H2,19,20,21);1H. The van der Waals surface area contributed by atoms with Gasteiger partial charge in [0.1, 0.15) is 0 Å². The zero-order valence-electron chi connectivity index (χ0n) is 16.9. The topological polar surface area (TPSA) is 83.0 Å². The number of morpholine rings is 1. The average Bonchev–Trinajstić information content (AvgIpc) is 3.00. The first-order valence-electron chi connectivity index (χ1n) is 9.95. The third-order valence-electron chi connectivity index (χ3n) is 5.69. The van der Waals surface area contributed by atoms with Gasteiger partial charge in [0.15, 0.2) is 15.8 Å². The summed E-state index contributed by atoms with van der Waals surface area (Å²) >= 11 is 0. The second-order valence-corrected chi connectivity index (χ2v) is 9.62. The molecular weight excluding hydrogens is 479 g/mol. The number of ether oxygens (including phenoxy) is 1. The van der Waals surface area contributed by atoms with Crippen LogP contribution < -0.4 is 10.6 Å². The Bertz CT molecular complexity index is 549. The van der Waals surface area contributed by atoms with Gasteiger partial charge in [-0.1, -0.05) is 26.7 Å². The van der Waals surface area contributed by atoms with E-state index in [0.29, 0.717) is 30.0 Å². The molecule has 2 saturated heterocycles.